The standard InChI is InChI=1S/C10H19N3O5S2/c1-2-8-13(7(6-19-8)9(14)15)10(16)12-4-3-5-20(11,17)18/h7-8H,2-6H2,1H3,(H,12,16)(H,14,15)(H2,11,17,18). The van der Waals surface area contributed by atoms with Gasteiger partial charge in [0, 0.05) is 12.3 Å². The van der Waals surface area contributed by atoms with Gasteiger partial charge in [0.05, 0.1) is 11.1 Å². The van der Waals surface area contributed by atoms with E-state index in [-0.39, 0.29) is 24.1 Å². The fraction of sp³-hybridized carbons (Fsp3) is 0.800. The van der Waals surface area contributed by atoms with Gasteiger partial charge in [0.25, 0.3) is 0 Å². The summed E-state index contributed by atoms with van der Waals surface area (Å²) >= 11 is 1.43. The molecule has 0 aromatic carbocycles. The van der Waals surface area contributed by atoms with E-state index in [1.807, 2.05) is 6.92 Å². The highest BCUT2D eigenvalue weighted by molar-refractivity contribution is 8.00. The largest absolute Gasteiger partial charge is 0.480 e. The summed E-state index contributed by atoms with van der Waals surface area (Å²) in [4.78, 5) is 24.4. The van der Waals surface area contributed by atoms with Crippen molar-refractivity contribution in [3.63, 3.8) is 0 Å². The summed E-state index contributed by atoms with van der Waals surface area (Å²) in [5.41, 5.74) is 0. The van der Waals surface area contributed by atoms with Crippen molar-refractivity contribution in [2.24, 2.45) is 5.14 Å². The zero-order valence-electron chi connectivity index (χ0n) is 11.1. The molecule has 1 saturated heterocycles. The molecule has 10 heteroatoms. The Bertz CT molecular complexity index is 468. The number of carbonyl (C=O) groups excluding carboxylic acids is 1. The number of rotatable bonds is 6. The molecule has 1 rings (SSSR count). The van der Waals surface area contributed by atoms with Crippen LogP contribution in [-0.2, 0) is 14.8 Å². The molecule has 0 spiro atoms. The molecule has 4 N–H and O–H groups in total. The summed E-state index contributed by atoms with van der Waals surface area (Å²) in [7, 11) is -3.54. The molecule has 1 aliphatic rings. The summed E-state index contributed by atoms with van der Waals surface area (Å²) in [6.45, 7) is 2.02. The first-order chi connectivity index (χ1) is 9.26. The Hall–Kier alpha value is -1.00. The molecule has 116 valence electrons. The van der Waals surface area contributed by atoms with Crippen LogP contribution < -0.4 is 10.5 Å². The Morgan fingerprint density at radius 1 is 1.50 bits per heavy atom. The van der Waals surface area contributed by atoms with Crippen molar-refractivity contribution in [1.82, 2.24) is 10.2 Å². The van der Waals surface area contributed by atoms with E-state index in [2.05, 4.69) is 5.32 Å². The van der Waals surface area contributed by atoms with Crippen LogP contribution in [0, 0.1) is 0 Å². The van der Waals surface area contributed by atoms with E-state index in [0.29, 0.717) is 12.2 Å². The highest BCUT2D eigenvalue weighted by Crippen LogP contribution is 2.31. The molecule has 0 aromatic rings. The van der Waals surface area contributed by atoms with Crippen molar-refractivity contribution in [2.45, 2.75) is 31.2 Å². The van der Waals surface area contributed by atoms with Gasteiger partial charge in [-0.2, -0.15) is 0 Å². The van der Waals surface area contributed by atoms with Gasteiger partial charge in [-0.25, -0.2) is 23.1 Å². The van der Waals surface area contributed by atoms with E-state index in [9.17, 15) is 18.0 Å². The molecule has 0 saturated carbocycles. The van der Waals surface area contributed by atoms with Crippen LogP contribution in [0.25, 0.3) is 0 Å². The fourth-order valence-corrected chi connectivity index (χ4v) is 3.79. The SMILES string of the molecule is CCC1SCC(C(=O)O)N1C(=O)NCCCS(N)(=O)=O. The van der Waals surface area contributed by atoms with Crippen molar-refractivity contribution >= 4 is 33.8 Å². The van der Waals surface area contributed by atoms with Gasteiger partial charge >= 0.3 is 12.0 Å². The average molecular weight is 325 g/mol. The Morgan fingerprint density at radius 2 is 2.15 bits per heavy atom. The van der Waals surface area contributed by atoms with Crippen LogP contribution in [0.5, 0.6) is 0 Å². The lowest BCUT2D eigenvalue weighted by atomic mass is 10.3. The quantitative estimate of drug-likeness (QED) is 0.570. The number of primary sulfonamides is 1. The Kier molecular flexibility index (Phi) is 6.08. The van der Waals surface area contributed by atoms with Crippen LogP contribution in [0.3, 0.4) is 0 Å². The Morgan fingerprint density at radius 3 is 2.65 bits per heavy atom. The number of aliphatic carboxylic acids is 1. The maximum absolute atomic E-state index is 12.0. The number of hydrogen-bond acceptors (Lipinski definition) is 5. The molecular formula is C10H19N3O5S2. The molecule has 1 aliphatic heterocycles. The lowest BCUT2D eigenvalue weighted by molar-refractivity contribution is -0.141. The van der Waals surface area contributed by atoms with Crippen LogP contribution in [0.4, 0.5) is 4.79 Å². The lowest BCUT2D eigenvalue weighted by Crippen LogP contribution is -2.50. The van der Waals surface area contributed by atoms with Crippen LogP contribution in [0.15, 0.2) is 0 Å². The van der Waals surface area contributed by atoms with Gasteiger partial charge in [0.15, 0.2) is 0 Å². The number of carboxylic acids is 1. The number of thioether (sulfide) groups is 1. The van der Waals surface area contributed by atoms with Crippen LogP contribution >= 0.6 is 11.8 Å². The van der Waals surface area contributed by atoms with Gasteiger partial charge in [0.2, 0.25) is 10.0 Å². The molecular weight excluding hydrogens is 306 g/mol. The van der Waals surface area contributed by atoms with E-state index >= 15 is 0 Å². The number of nitrogens with one attached hydrogen (secondary N) is 1. The minimum Gasteiger partial charge on any atom is -0.480 e. The number of sulfonamides is 1. The van der Waals surface area contributed by atoms with Gasteiger partial charge in [-0.1, -0.05) is 6.92 Å². The molecule has 0 aromatic heterocycles. The van der Waals surface area contributed by atoms with Gasteiger partial charge < -0.3 is 10.4 Å². The first-order valence-corrected chi connectivity index (χ1v) is 8.93. The van der Waals surface area contributed by atoms with Crippen LogP contribution in [0.1, 0.15) is 19.8 Å². The zero-order valence-corrected chi connectivity index (χ0v) is 12.7. The van der Waals surface area contributed by atoms with E-state index < -0.39 is 28.1 Å². The minimum atomic E-state index is -3.54. The molecule has 0 aliphatic carbocycles. The molecule has 20 heavy (non-hydrogen) atoms. The number of carboxylic acid groups (broad SMARTS) is 1. The predicted octanol–water partition coefficient (Wildman–Crippen LogP) is -0.387. The van der Waals surface area contributed by atoms with Crippen molar-refractivity contribution in [1.29, 1.82) is 0 Å². The molecule has 0 bridgehead atoms. The number of carbonyl (C=O) groups is 2. The highest BCUT2D eigenvalue weighted by Gasteiger charge is 2.40. The third kappa shape index (κ3) is 4.84. The monoisotopic (exact) mass is 325 g/mol. The first kappa shape index (κ1) is 17.1. The summed E-state index contributed by atoms with van der Waals surface area (Å²) < 4.78 is 21.5. The molecule has 2 unspecified atom stereocenters. The lowest BCUT2D eigenvalue weighted by Gasteiger charge is -2.26. The Labute approximate surface area is 122 Å². The van der Waals surface area contributed by atoms with Crippen molar-refractivity contribution in [3.05, 3.63) is 0 Å². The normalized spacial score (nSPS) is 22.8. The highest BCUT2D eigenvalue weighted by atomic mass is 32.2. The van der Waals surface area contributed by atoms with Crippen molar-refractivity contribution < 1.29 is 23.1 Å². The van der Waals surface area contributed by atoms with E-state index in [4.69, 9.17) is 10.2 Å². The smallest absolute Gasteiger partial charge is 0.327 e. The van der Waals surface area contributed by atoms with Crippen LogP contribution in [0.2, 0.25) is 0 Å². The third-order valence-corrected chi connectivity index (χ3v) is 5.15. The number of hydrogen-bond donors (Lipinski definition) is 3. The van der Waals surface area contributed by atoms with E-state index in [0.717, 1.165) is 0 Å². The van der Waals surface area contributed by atoms with E-state index in [1.165, 1.54) is 16.7 Å². The van der Waals surface area contributed by atoms with Crippen LogP contribution in [-0.4, -0.2) is 59.9 Å². The van der Waals surface area contributed by atoms with Gasteiger partial charge in [-0.3, -0.25) is 4.90 Å². The molecule has 8 nitrogen and oxygen atoms in total. The minimum absolute atomic E-state index is 0.138. The van der Waals surface area contributed by atoms with Gasteiger partial charge in [-0.15, -0.1) is 11.8 Å². The number of nitrogens with two attached hydrogens (primary N) is 1. The first-order valence-electron chi connectivity index (χ1n) is 6.17. The second kappa shape index (κ2) is 7.14. The van der Waals surface area contributed by atoms with Crippen molar-refractivity contribution in [3.8, 4) is 0 Å². The van der Waals surface area contributed by atoms with Crippen molar-refractivity contribution in [2.75, 3.05) is 18.1 Å². The second-order valence-corrected chi connectivity index (χ2v) is 7.35. The third-order valence-electron chi connectivity index (χ3n) is 2.84. The second-order valence-electron chi connectivity index (χ2n) is 4.41. The summed E-state index contributed by atoms with van der Waals surface area (Å²) in [5, 5.41) is 16.3. The van der Waals surface area contributed by atoms with E-state index in [1.54, 1.807) is 0 Å². The molecule has 2 atom stereocenters. The molecule has 1 heterocycles. The van der Waals surface area contributed by atoms with Gasteiger partial charge in [-0.05, 0) is 12.8 Å². The topological polar surface area (TPSA) is 130 Å². The molecule has 2 amide bonds. The Balaban J connectivity index is 2.53. The fourth-order valence-electron chi connectivity index (χ4n) is 1.90. The molecule has 0 radical (unpaired) electrons. The van der Waals surface area contributed by atoms with Gasteiger partial charge in [0.1, 0.15) is 6.04 Å². The summed E-state index contributed by atoms with van der Waals surface area (Å²) in [5.74, 6) is -0.895. The summed E-state index contributed by atoms with van der Waals surface area (Å²) in [6.07, 6.45) is 0.846. The maximum atomic E-state index is 12.0. The predicted molar refractivity (Wildman–Crippen MR) is 75.8 cm³/mol. The average Bonchev–Trinajstić information content (AvgIpc) is 2.77. The zero-order chi connectivity index (χ0) is 15.3. The summed E-state index contributed by atoms with van der Waals surface area (Å²) in [6, 6.07) is -1.33. The maximum Gasteiger partial charge on any atom is 0.327 e. The number of amides is 2. The molecule has 1 fully saturated rings. The number of nitrogens with zero attached hydrogens (tertiary/aromatic N) is 1. The number of urea groups is 1.